The molecule has 1 saturated heterocycles. The molecule has 8 rings (SSSR count). The van der Waals surface area contributed by atoms with E-state index in [2.05, 4.69) is 10.3 Å². The number of aliphatic hydroxyl groups is 1. The third-order valence-corrected chi connectivity index (χ3v) is 11.0. The Bertz CT molecular complexity index is 2460. The van der Waals surface area contributed by atoms with E-state index in [1.807, 2.05) is 97.1 Å². The first-order chi connectivity index (χ1) is 29.2. The Morgan fingerprint density at radius 1 is 0.650 bits per heavy atom. The predicted molar refractivity (Wildman–Crippen MR) is 224 cm³/mol. The Morgan fingerprint density at radius 2 is 1.07 bits per heavy atom. The molecule has 1 fully saturated rings. The molecule has 11 heteroatoms. The molecule has 2 N–H and O–H groups in total. The van der Waals surface area contributed by atoms with Gasteiger partial charge in [-0.25, -0.2) is 4.79 Å². The van der Waals surface area contributed by atoms with Gasteiger partial charge in [-0.3, -0.25) is 4.57 Å². The maximum Gasteiger partial charge on any atom is 0.351 e. The molecule has 1 aromatic heterocycles. The average Bonchev–Trinajstić information content (AvgIpc) is 3.56. The largest absolute Gasteiger partial charge is 0.497 e. The molecule has 0 unspecified atom stereocenters. The Hall–Kier alpha value is -6.66. The summed E-state index contributed by atoms with van der Waals surface area (Å²) < 4.78 is 58.8. The Kier molecular flexibility index (Phi) is 11.3. The molecule has 0 saturated carbocycles. The summed E-state index contributed by atoms with van der Waals surface area (Å²) in [4.78, 5) is 18.4. The van der Waals surface area contributed by atoms with E-state index in [-0.39, 0.29) is 5.82 Å². The van der Waals surface area contributed by atoms with E-state index in [1.54, 1.807) is 87.0 Å². The molecule has 1 aliphatic heterocycles. The number of methoxy groups -OCH3 is 2. The summed E-state index contributed by atoms with van der Waals surface area (Å²) in [6.45, 7) is -0.820. The second-order valence-electron chi connectivity index (χ2n) is 14.4. The van der Waals surface area contributed by atoms with Crippen molar-refractivity contribution in [1.82, 2.24) is 9.55 Å². The van der Waals surface area contributed by atoms with Crippen molar-refractivity contribution >= 4 is 5.82 Å². The molecule has 6 aromatic carbocycles. The normalized spacial score (nSPS) is 17.5. The number of aromatic nitrogens is 2. The molecule has 304 valence electrons. The van der Waals surface area contributed by atoms with Crippen LogP contribution in [0.3, 0.4) is 0 Å². The Labute approximate surface area is 346 Å². The van der Waals surface area contributed by atoms with Crippen molar-refractivity contribution in [3.05, 3.63) is 226 Å². The summed E-state index contributed by atoms with van der Waals surface area (Å²) in [5, 5.41) is 14.1. The fourth-order valence-corrected chi connectivity index (χ4v) is 8.11. The number of anilines is 1. The predicted octanol–water partition coefficient (Wildman–Crippen LogP) is 8.57. The molecule has 0 bridgehead atoms. The summed E-state index contributed by atoms with van der Waals surface area (Å²) in [6.07, 6.45) is -4.53. The van der Waals surface area contributed by atoms with Gasteiger partial charge in [-0.1, -0.05) is 146 Å². The van der Waals surface area contributed by atoms with Gasteiger partial charge < -0.3 is 29.4 Å². The molecular weight excluding hydrogens is 765 g/mol. The lowest BCUT2D eigenvalue weighted by atomic mass is 9.77. The summed E-state index contributed by atoms with van der Waals surface area (Å²) >= 11 is 0. The summed E-state index contributed by atoms with van der Waals surface area (Å²) in [5.74, 6) is -2.52. The van der Waals surface area contributed by atoms with Crippen molar-refractivity contribution in [3.8, 4) is 11.5 Å². The zero-order valence-electron chi connectivity index (χ0n) is 32.9. The SMILES string of the molecule is COc1ccc(C(Nc2ccn([C@@H]3O[C@H](CO)[C@@H](OC(c4ccccc4)(c4ccccc4)c4ccc(OC)cc4)C3(F)F)c(=O)n2)(c2ccccc2)c2ccccc2)cc1. The topological polar surface area (TPSA) is 104 Å². The zero-order chi connectivity index (χ0) is 41.7. The number of nitrogens with one attached hydrogen (secondary N) is 1. The number of alkyl halides is 2. The van der Waals surface area contributed by atoms with Crippen molar-refractivity contribution in [2.45, 2.75) is 35.5 Å². The van der Waals surface area contributed by atoms with Gasteiger partial charge >= 0.3 is 11.6 Å². The highest BCUT2D eigenvalue weighted by Gasteiger charge is 2.63. The fourth-order valence-electron chi connectivity index (χ4n) is 8.11. The molecule has 1 aliphatic rings. The van der Waals surface area contributed by atoms with E-state index >= 15 is 8.78 Å². The lowest BCUT2D eigenvalue weighted by Crippen LogP contribution is -2.49. The monoisotopic (exact) mass is 807 g/mol. The average molecular weight is 808 g/mol. The lowest BCUT2D eigenvalue weighted by molar-refractivity contribution is -0.180. The van der Waals surface area contributed by atoms with Crippen LogP contribution in [0.5, 0.6) is 11.5 Å². The highest BCUT2D eigenvalue weighted by molar-refractivity contribution is 5.58. The minimum atomic E-state index is -3.87. The molecule has 60 heavy (non-hydrogen) atoms. The van der Waals surface area contributed by atoms with E-state index in [4.69, 9.17) is 18.9 Å². The fraction of sp³-hybridized carbons (Fsp3) is 0.184. The van der Waals surface area contributed by atoms with E-state index in [1.165, 1.54) is 12.3 Å². The number of hydrogen-bond acceptors (Lipinski definition) is 8. The summed E-state index contributed by atoms with van der Waals surface area (Å²) in [7, 11) is 3.13. The van der Waals surface area contributed by atoms with Gasteiger partial charge in [-0.2, -0.15) is 13.8 Å². The highest BCUT2D eigenvalue weighted by Crippen LogP contribution is 2.50. The molecule has 0 amide bonds. The number of rotatable bonds is 14. The van der Waals surface area contributed by atoms with E-state index in [0.29, 0.717) is 28.2 Å². The van der Waals surface area contributed by atoms with Crippen LogP contribution in [0.4, 0.5) is 14.6 Å². The standard InChI is InChI=1S/C49H43F2N3O6/c1-57-40-27-23-36(24-28-40)47(34-15-7-3-8-16-34,35-17-9-4-10-18-35)53-43-31-32-54(46(56)52-43)45-49(50,51)44(42(33-55)59-45)60-48(37-19-11-5-12-20-37,38-21-13-6-14-22-38)39-25-29-41(58-2)30-26-39/h3-32,42,44-45,55H,33H2,1-2H3,(H,52,53,56)/t42-,44-,45-/m1/s1. The van der Waals surface area contributed by atoms with Gasteiger partial charge in [0.1, 0.15) is 34.6 Å². The number of aliphatic hydroxyl groups excluding tert-OH is 1. The van der Waals surface area contributed by atoms with Crippen LogP contribution in [0.25, 0.3) is 0 Å². The third kappa shape index (κ3) is 7.21. The third-order valence-electron chi connectivity index (χ3n) is 11.0. The molecule has 3 atom stereocenters. The molecular formula is C49H43F2N3O6. The first-order valence-electron chi connectivity index (χ1n) is 19.4. The summed E-state index contributed by atoms with van der Waals surface area (Å²) in [6, 6.07) is 53.4. The van der Waals surface area contributed by atoms with Crippen molar-refractivity contribution in [2.24, 2.45) is 0 Å². The van der Waals surface area contributed by atoms with Gasteiger partial charge in [0, 0.05) is 6.20 Å². The van der Waals surface area contributed by atoms with Crippen LogP contribution >= 0.6 is 0 Å². The second-order valence-corrected chi connectivity index (χ2v) is 14.4. The van der Waals surface area contributed by atoms with Crippen LogP contribution in [-0.4, -0.2) is 53.6 Å². The van der Waals surface area contributed by atoms with Crippen molar-refractivity contribution < 1.29 is 32.8 Å². The van der Waals surface area contributed by atoms with Gasteiger partial charge in [0.25, 0.3) is 0 Å². The number of hydrogen-bond donors (Lipinski definition) is 2. The number of halogens is 2. The van der Waals surface area contributed by atoms with Crippen LogP contribution in [0.1, 0.15) is 39.6 Å². The van der Waals surface area contributed by atoms with Gasteiger partial charge in [0.15, 0.2) is 6.10 Å². The van der Waals surface area contributed by atoms with E-state index in [9.17, 15) is 9.90 Å². The first-order valence-corrected chi connectivity index (χ1v) is 19.4. The van der Waals surface area contributed by atoms with Gasteiger partial charge in [-0.05, 0) is 63.7 Å². The van der Waals surface area contributed by atoms with Crippen molar-refractivity contribution in [1.29, 1.82) is 0 Å². The maximum absolute atomic E-state index is 17.3. The van der Waals surface area contributed by atoms with Crippen LogP contribution in [-0.2, 0) is 20.6 Å². The minimum absolute atomic E-state index is 0.124. The molecule has 9 nitrogen and oxygen atoms in total. The van der Waals surface area contributed by atoms with Crippen molar-refractivity contribution in [2.75, 3.05) is 26.1 Å². The number of benzene rings is 6. The van der Waals surface area contributed by atoms with Crippen LogP contribution in [0, 0.1) is 0 Å². The summed E-state index contributed by atoms with van der Waals surface area (Å²) in [5.41, 5.74) is 0.414. The van der Waals surface area contributed by atoms with Crippen molar-refractivity contribution in [3.63, 3.8) is 0 Å². The second kappa shape index (κ2) is 16.9. The van der Waals surface area contributed by atoms with Gasteiger partial charge in [0.2, 0.25) is 6.23 Å². The number of nitrogens with zero attached hydrogens (tertiary/aromatic N) is 2. The first kappa shape index (κ1) is 40.1. The maximum atomic E-state index is 17.3. The molecule has 0 radical (unpaired) electrons. The molecule has 0 aliphatic carbocycles. The molecule has 0 spiro atoms. The van der Waals surface area contributed by atoms with Gasteiger partial charge in [0.05, 0.1) is 20.8 Å². The molecule has 7 aromatic rings. The lowest BCUT2D eigenvalue weighted by Gasteiger charge is -2.40. The van der Waals surface area contributed by atoms with Crippen LogP contribution < -0.4 is 20.5 Å². The highest BCUT2D eigenvalue weighted by atomic mass is 19.3. The zero-order valence-corrected chi connectivity index (χ0v) is 32.9. The minimum Gasteiger partial charge on any atom is -0.497 e. The van der Waals surface area contributed by atoms with Crippen LogP contribution in [0.15, 0.2) is 187 Å². The Balaban J connectivity index is 1.20. The molecule has 2 heterocycles. The van der Waals surface area contributed by atoms with Crippen LogP contribution in [0.2, 0.25) is 0 Å². The quantitative estimate of drug-likeness (QED) is 0.105. The smallest absolute Gasteiger partial charge is 0.351 e. The van der Waals surface area contributed by atoms with E-state index in [0.717, 1.165) is 21.3 Å². The number of ether oxygens (including phenoxy) is 4. The Morgan fingerprint density at radius 3 is 1.50 bits per heavy atom. The van der Waals surface area contributed by atoms with Gasteiger partial charge in [-0.15, -0.1) is 0 Å². The van der Waals surface area contributed by atoms with E-state index < -0.39 is 47.8 Å².